The number of carbonyl (C=O) groups excluding carboxylic acids is 2. The standard InChI is InChI=1S/C23H20ClNO6/c1-2-3-12-25-20(27)18(26)17-19(13-8-10-14(24)11-9-13)31-23(30)16-7-5-4-6-15(16)22(28,29)21(17,23)25/h4-11,28-30H,2-3,12H2,1H3/t21-,23-/m1/s1. The Hall–Kier alpha value is -2.71. The van der Waals surface area contributed by atoms with E-state index >= 15 is 0 Å². The maximum Gasteiger partial charge on any atom is 0.296 e. The predicted molar refractivity (Wildman–Crippen MR) is 110 cm³/mol. The van der Waals surface area contributed by atoms with Crippen molar-refractivity contribution in [3.05, 3.63) is 75.8 Å². The molecule has 1 saturated heterocycles. The van der Waals surface area contributed by atoms with Crippen molar-refractivity contribution < 1.29 is 29.6 Å². The molecule has 2 heterocycles. The minimum atomic E-state index is -2.77. The number of nitrogens with zero attached hydrogens (tertiary/aromatic N) is 1. The second-order valence-electron chi connectivity index (χ2n) is 8.02. The number of unbranched alkanes of at least 4 members (excludes halogenated alkanes) is 1. The average molecular weight is 442 g/mol. The summed E-state index contributed by atoms with van der Waals surface area (Å²) in [5.74, 6) is -7.04. The zero-order valence-electron chi connectivity index (χ0n) is 16.6. The summed E-state index contributed by atoms with van der Waals surface area (Å²) in [7, 11) is 0. The predicted octanol–water partition coefficient (Wildman–Crippen LogP) is 2.03. The monoisotopic (exact) mass is 441 g/mol. The normalized spacial score (nSPS) is 28.0. The molecule has 31 heavy (non-hydrogen) atoms. The quantitative estimate of drug-likeness (QED) is 0.495. The van der Waals surface area contributed by atoms with Crippen LogP contribution in [0.5, 0.6) is 0 Å². The van der Waals surface area contributed by atoms with E-state index in [-0.39, 0.29) is 29.0 Å². The molecule has 2 aliphatic heterocycles. The van der Waals surface area contributed by atoms with Crippen LogP contribution in [0.4, 0.5) is 0 Å². The molecule has 3 N–H and O–H groups in total. The first-order valence-electron chi connectivity index (χ1n) is 10.0. The number of fused-ring (bicyclic) bond motifs is 2. The molecule has 1 amide bonds. The van der Waals surface area contributed by atoms with Gasteiger partial charge in [-0.1, -0.05) is 49.2 Å². The Bertz CT molecular complexity index is 1160. The zero-order valence-corrected chi connectivity index (χ0v) is 17.4. The molecule has 2 atom stereocenters. The molecule has 7 nitrogen and oxygen atoms in total. The lowest BCUT2D eigenvalue weighted by molar-refractivity contribution is -0.312. The van der Waals surface area contributed by atoms with Crippen LogP contribution in [0.2, 0.25) is 5.02 Å². The number of amides is 1. The molecule has 3 aliphatic rings. The van der Waals surface area contributed by atoms with Crippen molar-refractivity contribution in [2.45, 2.75) is 36.9 Å². The van der Waals surface area contributed by atoms with Crippen molar-refractivity contribution in [3.8, 4) is 0 Å². The average Bonchev–Trinajstić information content (AvgIpc) is 3.22. The highest BCUT2D eigenvalue weighted by molar-refractivity contribution is 6.48. The van der Waals surface area contributed by atoms with Gasteiger partial charge in [0, 0.05) is 28.3 Å². The van der Waals surface area contributed by atoms with Gasteiger partial charge in [0.05, 0.1) is 5.57 Å². The van der Waals surface area contributed by atoms with Crippen LogP contribution in [0.15, 0.2) is 54.1 Å². The molecule has 8 heteroatoms. The van der Waals surface area contributed by atoms with Gasteiger partial charge >= 0.3 is 0 Å². The maximum absolute atomic E-state index is 13.2. The minimum absolute atomic E-state index is 0.0193. The van der Waals surface area contributed by atoms with E-state index < -0.39 is 28.8 Å². The fourth-order valence-electron chi connectivity index (χ4n) is 5.09. The Morgan fingerprint density at radius 1 is 1.00 bits per heavy atom. The molecule has 0 unspecified atom stereocenters. The number of halogens is 1. The van der Waals surface area contributed by atoms with Crippen molar-refractivity contribution in [1.82, 2.24) is 4.90 Å². The van der Waals surface area contributed by atoms with Gasteiger partial charge in [0.2, 0.25) is 11.3 Å². The highest BCUT2D eigenvalue weighted by Gasteiger charge is 2.84. The summed E-state index contributed by atoms with van der Waals surface area (Å²) >= 11 is 5.98. The van der Waals surface area contributed by atoms with Gasteiger partial charge in [-0.05, 0) is 30.7 Å². The van der Waals surface area contributed by atoms with Crippen LogP contribution >= 0.6 is 11.6 Å². The second kappa shape index (κ2) is 6.40. The first-order valence-corrected chi connectivity index (χ1v) is 10.4. The number of ketones is 1. The topological polar surface area (TPSA) is 107 Å². The van der Waals surface area contributed by atoms with E-state index in [2.05, 4.69) is 0 Å². The van der Waals surface area contributed by atoms with Gasteiger partial charge in [0.25, 0.3) is 17.5 Å². The summed E-state index contributed by atoms with van der Waals surface area (Å²) in [6.45, 7) is 1.95. The summed E-state index contributed by atoms with van der Waals surface area (Å²) in [5.41, 5.74) is -2.05. The van der Waals surface area contributed by atoms with E-state index in [0.29, 0.717) is 23.4 Å². The van der Waals surface area contributed by atoms with Crippen LogP contribution in [0.1, 0.15) is 36.5 Å². The first-order chi connectivity index (χ1) is 14.7. The number of ether oxygens (including phenoxy) is 1. The smallest absolute Gasteiger partial charge is 0.296 e. The lowest BCUT2D eigenvalue weighted by atomic mass is 9.78. The molecular formula is C23H20ClNO6. The number of likely N-dealkylation sites (tertiary alicyclic amines) is 1. The summed E-state index contributed by atoms with van der Waals surface area (Å²) in [6.07, 6.45) is 1.18. The van der Waals surface area contributed by atoms with Crippen LogP contribution in [-0.2, 0) is 25.9 Å². The van der Waals surface area contributed by atoms with Gasteiger partial charge in [-0.25, -0.2) is 0 Å². The van der Waals surface area contributed by atoms with Crippen LogP contribution in [0.25, 0.3) is 5.76 Å². The zero-order chi connectivity index (χ0) is 22.2. The van der Waals surface area contributed by atoms with E-state index in [0.717, 1.165) is 4.90 Å². The summed E-state index contributed by atoms with van der Waals surface area (Å²) in [6, 6.07) is 12.5. The molecule has 5 rings (SSSR count). The number of hydrogen-bond donors (Lipinski definition) is 3. The Morgan fingerprint density at radius 3 is 2.29 bits per heavy atom. The lowest BCUT2D eigenvalue weighted by Gasteiger charge is -2.45. The highest BCUT2D eigenvalue weighted by atomic mass is 35.5. The third kappa shape index (κ3) is 2.19. The van der Waals surface area contributed by atoms with Crippen molar-refractivity contribution in [2.75, 3.05) is 6.54 Å². The van der Waals surface area contributed by atoms with Crippen molar-refractivity contribution >= 4 is 29.1 Å². The van der Waals surface area contributed by atoms with Gasteiger partial charge in [-0.3, -0.25) is 9.59 Å². The molecule has 2 aromatic rings. The number of Topliss-reactive ketones (excluding diaryl/α,β-unsaturated/α-hetero) is 1. The third-order valence-corrected chi connectivity index (χ3v) is 6.67. The van der Waals surface area contributed by atoms with Crippen LogP contribution in [0.3, 0.4) is 0 Å². The van der Waals surface area contributed by atoms with Crippen LogP contribution < -0.4 is 0 Å². The summed E-state index contributed by atoms with van der Waals surface area (Å²) < 4.78 is 6.00. The molecule has 0 radical (unpaired) electrons. The van der Waals surface area contributed by atoms with Gasteiger partial charge in [0.1, 0.15) is 5.76 Å². The third-order valence-electron chi connectivity index (χ3n) is 6.41. The number of carbonyl (C=O) groups is 2. The highest BCUT2D eigenvalue weighted by Crippen LogP contribution is 2.67. The maximum atomic E-state index is 13.2. The van der Waals surface area contributed by atoms with Gasteiger partial charge in [-0.2, -0.15) is 0 Å². The van der Waals surface area contributed by atoms with Gasteiger partial charge in [0.15, 0.2) is 0 Å². The number of aliphatic hydroxyl groups is 3. The van der Waals surface area contributed by atoms with E-state index in [9.17, 15) is 24.9 Å². The van der Waals surface area contributed by atoms with Crippen molar-refractivity contribution in [3.63, 3.8) is 0 Å². The Labute approximate surface area is 183 Å². The number of hydrogen-bond acceptors (Lipinski definition) is 6. The van der Waals surface area contributed by atoms with E-state index in [1.54, 1.807) is 36.4 Å². The minimum Gasteiger partial charge on any atom is -0.454 e. The van der Waals surface area contributed by atoms with Crippen LogP contribution in [-0.4, -0.2) is 44.0 Å². The molecule has 160 valence electrons. The molecule has 1 aliphatic carbocycles. The first kappa shape index (κ1) is 20.2. The Kier molecular flexibility index (Phi) is 4.17. The molecule has 1 spiro atoms. The molecule has 0 saturated carbocycles. The molecular weight excluding hydrogens is 422 g/mol. The number of rotatable bonds is 4. The fraction of sp³-hybridized carbons (Fsp3) is 0.304. The van der Waals surface area contributed by atoms with Crippen molar-refractivity contribution in [1.29, 1.82) is 0 Å². The SMILES string of the molecule is CCCCN1C(=O)C(=O)C2=C(c3ccc(Cl)cc3)O[C@]3(O)c4ccccc4C(O)(O)[C@@]213. The molecule has 0 aromatic heterocycles. The summed E-state index contributed by atoms with van der Waals surface area (Å²) in [4.78, 5) is 27.4. The lowest BCUT2D eigenvalue weighted by Crippen LogP contribution is -2.66. The Balaban J connectivity index is 1.86. The largest absolute Gasteiger partial charge is 0.454 e. The number of benzene rings is 2. The van der Waals surface area contributed by atoms with Gasteiger partial charge < -0.3 is 25.0 Å². The van der Waals surface area contributed by atoms with E-state index in [1.165, 1.54) is 12.1 Å². The molecule has 0 bridgehead atoms. The molecule has 1 fully saturated rings. The second-order valence-corrected chi connectivity index (χ2v) is 8.46. The summed E-state index contributed by atoms with van der Waals surface area (Å²) in [5, 5.41) is 35.3. The Morgan fingerprint density at radius 2 is 1.65 bits per heavy atom. The van der Waals surface area contributed by atoms with Crippen LogP contribution in [0, 0.1) is 0 Å². The fourth-order valence-corrected chi connectivity index (χ4v) is 5.22. The van der Waals surface area contributed by atoms with E-state index in [1.807, 2.05) is 6.92 Å². The van der Waals surface area contributed by atoms with E-state index in [4.69, 9.17) is 16.3 Å². The van der Waals surface area contributed by atoms with Gasteiger partial charge in [-0.15, -0.1) is 0 Å². The van der Waals surface area contributed by atoms with Crippen molar-refractivity contribution in [2.24, 2.45) is 0 Å². The molecule has 2 aromatic carbocycles.